The zero-order valence-electron chi connectivity index (χ0n) is 13.0. The van der Waals surface area contributed by atoms with Gasteiger partial charge in [0.2, 0.25) is 0 Å². The predicted molar refractivity (Wildman–Crippen MR) is 86.8 cm³/mol. The number of carbonyl (C=O) groups excluding carboxylic acids is 1. The topological polar surface area (TPSA) is 42.4 Å². The number of carbonyl (C=O) groups is 1. The molecule has 0 aliphatic carbocycles. The minimum Gasteiger partial charge on any atom is -0.443 e. The third-order valence-electron chi connectivity index (χ3n) is 3.88. The van der Waals surface area contributed by atoms with Gasteiger partial charge in [-0.25, -0.2) is 9.78 Å². The van der Waals surface area contributed by atoms with Gasteiger partial charge in [-0.2, -0.15) is 0 Å². The smallest absolute Gasteiger partial charge is 0.416 e. The Kier molecular flexibility index (Phi) is 3.84. The number of ether oxygens (including phenoxy) is 1. The Morgan fingerprint density at radius 2 is 1.86 bits per heavy atom. The molecule has 1 aliphatic heterocycles. The fourth-order valence-corrected chi connectivity index (χ4v) is 2.65. The van der Waals surface area contributed by atoms with Crippen molar-refractivity contribution in [3.8, 4) is 11.1 Å². The van der Waals surface area contributed by atoms with Gasteiger partial charge in [-0.3, -0.25) is 4.90 Å². The number of aromatic nitrogens is 1. The van der Waals surface area contributed by atoms with Crippen LogP contribution in [0.4, 0.5) is 10.6 Å². The number of hydrogen-bond donors (Lipinski definition) is 0. The predicted octanol–water partition coefficient (Wildman–Crippen LogP) is 4.26. The number of benzene rings is 1. The average molecular weight is 296 g/mol. The lowest BCUT2D eigenvalue weighted by Crippen LogP contribution is -2.34. The first-order chi connectivity index (χ1) is 10.6. The van der Waals surface area contributed by atoms with E-state index in [9.17, 15) is 4.79 Å². The maximum atomic E-state index is 12.2. The SMILES string of the molecule is CC1(C)CCCN(c2ccc(-c3ccccc3)cn2)C(=O)O1. The molecule has 1 saturated heterocycles. The molecule has 0 spiro atoms. The summed E-state index contributed by atoms with van der Waals surface area (Å²) in [5.74, 6) is 0.641. The highest BCUT2D eigenvalue weighted by Crippen LogP contribution is 2.26. The van der Waals surface area contributed by atoms with Gasteiger partial charge in [-0.05, 0) is 44.4 Å². The quantitative estimate of drug-likeness (QED) is 0.831. The van der Waals surface area contributed by atoms with Gasteiger partial charge in [0.15, 0.2) is 0 Å². The van der Waals surface area contributed by atoms with Gasteiger partial charge in [0.05, 0.1) is 0 Å². The van der Waals surface area contributed by atoms with Crippen molar-refractivity contribution < 1.29 is 9.53 Å². The molecule has 0 bridgehead atoms. The molecule has 0 saturated carbocycles. The van der Waals surface area contributed by atoms with E-state index < -0.39 is 5.60 Å². The van der Waals surface area contributed by atoms with Crippen molar-refractivity contribution in [3.63, 3.8) is 0 Å². The van der Waals surface area contributed by atoms with Crippen molar-refractivity contribution in [2.24, 2.45) is 0 Å². The van der Waals surface area contributed by atoms with E-state index in [1.165, 1.54) is 0 Å². The van der Waals surface area contributed by atoms with Crippen molar-refractivity contribution >= 4 is 11.9 Å². The van der Waals surface area contributed by atoms with E-state index in [2.05, 4.69) is 4.98 Å². The number of pyridine rings is 1. The Balaban J connectivity index is 1.82. The number of amides is 1. The van der Waals surface area contributed by atoms with Gasteiger partial charge in [0, 0.05) is 18.3 Å². The van der Waals surface area contributed by atoms with Crippen LogP contribution in [0.3, 0.4) is 0 Å². The molecule has 2 aromatic rings. The molecule has 1 amide bonds. The van der Waals surface area contributed by atoms with E-state index in [1.807, 2.05) is 56.3 Å². The molecule has 114 valence electrons. The second kappa shape index (κ2) is 5.79. The van der Waals surface area contributed by atoms with Gasteiger partial charge in [-0.1, -0.05) is 30.3 Å². The summed E-state index contributed by atoms with van der Waals surface area (Å²) < 4.78 is 5.53. The van der Waals surface area contributed by atoms with E-state index in [-0.39, 0.29) is 6.09 Å². The summed E-state index contributed by atoms with van der Waals surface area (Å²) in [6.07, 6.45) is 3.24. The van der Waals surface area contributed by atoms with Gasteiger partial charge in [0.25, 0.3) is 0 Å². The number of rotatable bonds is 2. The zero-order chi connectivity index (χ0) is 15.6. The highest BCUT2D eigenvalue weighted by atomic mass is 16.6. The summed E-state index contributed by atoms with van der Waals surface area (Å²) in [5, 5.41) is 0. The second-order valence-corrected chi connectivity index (χ2v) is 6.15. The minimum atomic E-state index is -0.407. The summed E-state index contributed by atoms with van der Waals surface area (Å²) in [7, 11) is 0. The van der Waals surface area contributed by atoms with Crippen LogP contribution in [0.15, 0.2) is 48.7 Å². The molecule has 22 heavy (non-hydrogen) atoms. The third kappa shape index (κ3) is 3.11. The Morgan fingerprint density at radius 1 is 1.09 bits per heavy atom. The van der Waals surface area contributed by atoms with E-state index in [4.69, 9.17) is 4.74 Å². The molecule has 4 nitrogen and oxygen atoms in total. The van der Waals surface area contributed by atoms with Crippen LogP contribution in [-0.4, -0.2) is 23.2 Å². The Hall–Kier alpha value is -2.36. The number of hydrogen-bond acceptors (Lipinski definition) is 3. The first-order valence-corrected chi connectivity index (χ1v) is 7.57. The molecule has 0 atom stereocenters. The van der Waals surface area contributed by atoms with Gasteiger partial charge < -0.3 is 4.74 Å². The molecule has 0 radical (unpaired) electrons. The highest BCUT2D eigenvalue weighted by molar-refractivity contribution is 5.87. The Labute approximate surface area is 130 Å². The molecule has 0 unspecified atom stereocenters. The van der Waals surface area contributed by atoms with Gasteiger partial charge in [-0.15, -0.1) is 0 Å². The second-order valence-electron chi connectivity index (χ2n) is 6.15. The van der Waals surface area contributed by atoms with Gasteiger partial charge in [0.1, 0.15) is 11.4 Å². The van der Waals surface area contributed by atoms with Crippen LogP contribution < -0.4 is 4.90 Å². The largest absolute Gasteiger partial charge is 0.443 e. The Morgan fingerprint density at radius 3 is 2.55 bits per heavy atom. The fraction of sp³-hybridized carbons (Fsp3) is 0.333. The summed E-state index contributed by atoms with van der Waals surface area (Å²) in [4.78, 5) is 18.3. The van der Waals surface area contributed by atoms with E-state index in [0.29, 0.717) is 12.4 Å². The van der Waals surface area contributed by atoms with Crippen LogP contribution in [0.1, 0.15) is 26.7 Å². The summed E-state index contributed by atoms with van der Waals surface area (Å²) in [6.45, 7) is 4.53. The molecule has 1 aromatic carbocycles. The summed E-state index contributed by atoms with van der Waals surface area (Å²) in [6, 6.07) is 13.9. The van der Waals surface area contributed by atoms with Crippen molar-refractivity contribution in [1.29, 1.82) is 0 Å². The third-order valence-corrected chi connectivity index (χ3v) is 3.88. The van der Waals surface area contributed by atoms with Crippen molar-refractivity contribution in [3.05, 3.63) is 48.7 Å². The maximum Gasteiger partial charge on any atom is 0.416 e. The highest BCUT2D eigenvalue weighted by Gasteiger charge is 2.31. The minimum absolute atomic E-state index is 0.317. The number of nitrogens with zero attached hydrogens (tertiary/aromatic N) is 2. The first kappa shape index (κ1) is 14.6. The summed E-state index contributed by atoms with van der Waals surface area (Å²) in [5.41, 5.74) is 1.74. The van der Waals surface area contributed by atoms with E-state index in [0.717, 1.165) is 24.0 Å². The van der Waals surface area contributed by atoms with Crippen LogP contribution in [0, 0.1) is 0 Å². The fourth-order valence-electron chi connectivity index (χ4n) is 2.65. The summed E-state index contributed by atoms with van der Waals surface area (Å²) >= 11 is 0. The van der Waals surface area contributed by atoms with E-state index >= 15 is 0 Å². The van der Waals surface area contributed by atoms with Crippen molar-refractivity contribution in [2.45, 2.75) is 32.3 Å². The van der Waals surface area contributed by atoms with Crippen LogP contribution in [0.25, 0.3) is 11.1 Å². The molecular weight excluding hydrogens is 276 g/mol. The zero-order valence-corrected chi connectivity index (χ0v) is 13.0. The molecule has 2 heterocycles. The maximum absolute atomic E-state index is 12.2. The molecule has 1 aliphatic rings. The first-order valence-electron chi connectivity index (χ1n) is 7.57. The molecule has 1 aromatic heterocycles. The number of cyclic esters (lactones) is 1. The monoisotopic (exact) mass is 296 g/mol. The lowest BCUT2D eigenvalue weighted by atomic mass is 10.0. The van der Waals surface area contributed by atoms with Crippen molar-refractivity contribution in [1.82, 2.24) is 4.98 Å². The molecule has 1 fully saturated rings. The molecule has 0 N–H and O–H groups in total. The van der Waals surface area contributed by atoms with Crippen LogP contribution in [0.5, 0.6) is 0 Å². The molecular formula is C18H20N2O2. The van der Waals surface area contributed by atoms with Crippen LogP contribution in [0.2, 0.25) is 0 Å². The number of anilines is 1. The Bertz CT molecular complexity index is 651. The van der Waals surface area contributed by atoms with Gasteiger partial charge >= 0.3 is 6.09 Å². The average Bonchev–Trinajstić information content (AvgIpc) is 2.65. The van der Waals surface area contributed by atoms with Crippen molar-refractivity contribution in [2.75, 3.05) is 11.4 Å². The molecule has 3 rings (SSSR count). The standard InChI is InChI=1S/C18H20N2O2/c1-18(2)11-6-12-20(17(21)22-18)16-10-9-15(13-19-16)14-7-4-3-5-8-14/h3-5,7-10,13H,6,11-12H2,1-2H3. The van der Waals surface area contributed by atoms with Crippen LogP contribution >= 0.6 is 0 Å². The van der Waals surface area contributed by atoms with Crippen LogP contribution in [-0.2, 0) is 4.74 Å². The lowest BCUT2D eigenvalue weighted by molar-refractivity contribution is 0.0449. The molecule has 4 heteroatoms. The lowest BCUT2D eigenvalue weighted by Gasteiger charge is -2.24. The normalized spacial score (nSPS) is 17.7. The van der Waals surface area contributed by atoms with E-state index in [1.54, 1.807) is 11.1 Å².